The summed E-state index contributed by atoms with van der Waals surface area (Å²) in [5.41, 5.74) is 0. The molecule has 0 aromatic rings. The van der Waals surface area contributed by atoms with Crippen molar-refractivity contribution >= 4 is 0 Å². The summed E-state index contributed by atoms with van der Waals surface area (Å²) in [5.74, 6) is 1.96. The summed E-state index contributed by atoms with van der Waals surface area (Å²) in [5, 5.41) is 17.7. The van der Waals surface area contributed by atoms with Crippen LogP contribution in [0.15, 0.2) is 0 Å². The lowest BCUT2D eigenvalue weighted by Gasteiger charge is -1.98. The molecule has 3 aliphatic rings. The summed E-state index contributed by atoms with van der Waals surface area (Å²) < 4.78 is 5.60. The van der Waals surface area contributed by atoms with Crippen LogP contribution in [-0.2, 0) is 4.74 Å². The average molecular weight is 156 g/mol. The Bertz CT molecular complexity index is 166. The highest BCUT2D eigenvalue weighted by atomic mass is 16.5. The van der Waals surface area contributed by atoms with Crippen LogP contribution < -0.4 is 0 Å². The third-order valence-electron chi connectivity index (χ3n) is 3.49. The van der Waals surface area contributed by atoms with Gasteiger partial charge in [-0.25, -0.2) is 0 Å². The molecule has 0 aromatic heterocycles. The van der Waals surface area contributed by atoms with E-state index in [1.807, 2.05) is 0 Å². The fourth-order valence-corrected chi connectivity index (χ4v) is 2.76. The minimum atomic E-state index is 0.261. The van der Waals surface area contributed by atoms with Crippen molar-refractivity contribution in [2.24, 2.45) is 23.7 Å². The second-order valence-corrected chi connectivity index (χ2v) is 3.91. The molecule has 2 N–H and O–H groups in total. The van der Waals surface area contributed by atoms with Crippen LogP contribution in [0.5, 0.6) is 0 Å². The number of fused-ring (bicyclic) bond motifs is 3. The molecule has 62 valence electrons. The van der Waals surface area contributed by atoms with E-state index in [1.165, 1.54) is 0 Å². The molecule has 3 fully saturated rings. The van der Waals surface area contributed by atoms with Gasteiger partial charge in [0.15, 0.2) is 0 Å². The second-order valence-electron chi connectivity index (χ2n) is 3.91. The van der Waals surface area contributed by atoms with Gasteiger partial charge in [0.25, 0.3) is 0 Å². The molecule has 1 saturated heterocycles. The Hall–Kier alpha value is -0.120. The predicted molar refractivity (Wildman–Crippen MR) is 36.8 cm³/mol. The van der Waals surface area contributed by atoms with Gasteiger partial charge in [0.05, 0.1) is 12.2 Å². The highest BCUT2D eigenvalue weighted by Crippen LogP contribution is 2.67. The zero-order valence-electron chi connectivity index (χ0n) is 6.18. The van der Waals surface area contributed by atoms with Crippen LogP contribution in [0.1, 0.15) is 0 Å². The summed E-state index contributed by atoms with van der Waals surface area (Å²) >= 11 is 0. The molecular weight excluding hydrogens is 144 g/mol. The first-order valence-electron chi connectivity index (χ1n) is 4.25. The largest absolute Gasteiger partial charge is 0.396 e. The van der Waals surface area contributed by atoms with Gasteiger partial charge in [-0.15, -0.1) is 0 Å². The normalized spacial score (nSPS) is 63.8. The molecule has 6 atom stereocenters. The summed E-state index contributed by atoms with van der Waals surface area (Å²) in [7, 11) is 0. The molecule has 11 heavy (non-hydrogen) atoms. The minimum absolute atomic E-state index is 0.261. The van der Waals surface area contributed by atoms with Gasteiger partial charge in [-0.2, -0.15) is 0 Å². The summed E-state index contributed by atoms with van der Waals surface area (Å²) in [4.78, 5) is 0. The Kier molecular flexibility index (Phi) is 1.04. The maximum absolute atomic E-state index is 8.86. The van der Waals surface area contributed by atoms with Gasteiger partial charge in [-0.1, -0.05) is 0 Å². The standard InChI is InChI=1S/C8H12O3/c9-1-3-5-6-4(2-10)8(6)11-7(3)5/h3-10H,1-2H2/t3-,4+,5-,6-,7-,8-/m0/s1. The summed E-state index contributed by atoms with van der Waals surface area (Å²) in [6, 6.07) is 0. The van der Waals surface area contributed by atoms with E-state index in [-0.39, 0.29) is 13.2 Å². The van der Waals surface area contributed by atoms with E-state index in [1.54, 1.807) is 0 Å². The number of aliphatic hydroxyl groups is 2. The van der Waals surface area contributed by atoms with Crippen molar-refractivity contribution in [2.45, 2.75) is 12.2 Å². The van der Waals surface area contributed by atoms with Crippen LogP contribution in [-0.4, -0.2) is 35.6 Å². The van der Waals surface area contributed by atoms with Crippen molar-refractivity contribution in [3.8, 4) is 0 Å². The van der Waals surface area contributed by atoms with Crippen molar-refractivity contribution < 1.29 is 14.9 Å². The topological polar surface area (TPSA) is 49.7 Å². The Balaban J connectivity index is 1.70. The molecule has 3 nitrogen and oxygen atoms in total. The van der Waals surface area contributed by atoms with Crippen molar-refractivity contribution in [3.63, 3.8) is 0 Å². The fourth-order valence-electron chi connectivity index (χ4n) is 2.76. The highest BCUT2D eigenvalue weighted by Gasteiger charge is 2.74. The molecule has 0 unspecified atom stereocenters. The first kappa shape index (κ1) is 6.40. The molecule has 1 aliphatic heterocycles. The van der Waals surface area contributed by atoms with Gasteiger partial charge >= 0.3 is 0 Å². The van der Waals surface area contributed by atoms with E-state index in [0.717, 1.165) is 0 Å². The third kappa shape index (κ3) is 0.604. The molecule has 3 heteroatoms. The molecule has 2 saturated carbocycles. The number of rotatable bonds is 2. The molecule has 0 bridgehead atoms. The SMILES string of the molecule is OC[C@@H]1[C@@H]2O[C@H]3[C@H](CO)[C@H]3[C@H]12. The molecule has 2 aliphatic carbocycles. The van der Waals surface area contributed by atoms with Crippen LogP contribution in [0.3, 0.4) is 0 Å². The molecule has 0 spiro atoms. The second kappa shape index (κ2) is 1.79. The van der Waals surface area contributed by atoms with E-state index < -0.39 is 0 Å². The lowest BCUT2D eigenvalue weighted by molar-refractivity contribution is 0.0768. The zero-order chi connectivity index (χ0) is 7.59. The molecule has 3 rings (SSSR count). The number of ether oxygens (including phenoxy) is 1. The lowest BCUT2D eigenvalue weighted by Crippen LogP contribution is -2.04. The van der Waals surface area contributed by atoms with E-state index in [0.29, 0.717) is 35.9 Å². The monoisotopic (exact) mass is 156 g/mol. The zero-order valence-corrected chi connectivity index (χ0v) is 6.18. The van der Waals surface area contributed by atoms with Crippen LogP contribution >= 0.6 is 0 Å². The van der Waals surface area contributed by atoms with E-state index in [4.69, 9.17) is 14.9 Å². The van der Waals surface area contributed by atoms with Crippen LogP contribution in [0.2, 0.25) is 0 Å². The lowest BCUT2D eigenvalue weighted by atomic mass is 10.2. The Morgan fingerprint density at radius 3 is 1.73 bits per heavy atom. The van der Waals surface area contributed by atoms with Crippen LogP contribution in [0.25, 0.3) is 0 Å². The first-order valence-corrected chi connectivity index (χ1v) is 4.25. The number of hydrogen-bond acceptors (Lipinski definition) is 3. The summed E-state index contributed by atoms with van der Waals surface area (Å²) in [6.07, 6.45) is 0.690. The first-order chi connectivity index (χ1) is 5.38. The fraction of sp³-hybridized carbons (Fsp3) is 1.00. The van der Waals surface area contributed by atoms with E-state index >= 15 is 0 Å². The average Bonchev–Trinajstić information content (AvgIpc) is 2.87. The van der Waals surface area contributed by atoms with Gasteiger partial charge in [0, 0.05) is 25.0 Å². The molecule has 0 aromatic carbocycles. The van der Waals surface area contributed by atoms with Gasteiger partial charge in [-0.3, -0.25) is 0 Å². The summed E-state index contributed by atoms with van der Waals surface area (Å²) in [6.45, 7) is 0.521. The van der Waals surface area contributed by atoms with Crippen molar-refractivity contribution in [1.82, 2.24) is 0 Å². The number of aliphatic hydroxyl groups excluding tert-OH is 2. The van der Waals surface area contributed by atoms with Gasteiger partial charge < -0.3 is 14.9 Å². The van der Waals surface area contributed by atoms with Crippen molar-refractivity contribution in [2.75, 3.05) is 13.2 Å². The van der Waals surface area contributed by atoms with Crippen LogP contribution in [0.4, 0.5) is 0 Å². The van der Waals surface area contributed by atoms with Crippen molar-refractivity contribution in [3.05, 3.63) is 0 Å². The Labute approximate surface area is 65.0 Å². The van der Waals surface area contributed by atoms with Crippen LogP contribution in [0, 0.1) is 23.7 Å². The molecule has 1 heterocycles. The quantitative estimate of drug-likeness (QED) is 0.552. The molecule has 0 amide bonds. The highest BCUT2D eigenvalue weighted by molar-refractivity contribution is 5.20. The van der Waals surface area contributed by atoms with Gasteiger partial charge in [0.1, 0.15) is 0 Å². The predicted octanol–water partition coefficient (Wildman–Crippen LogP) is -0.770. The van der Waals surface area contributed by atoms with Gasteiger partial charge in [-0.05, 0) is 11.8 Å². The Morgan fingerprint density at radius 1 is 0.909 bits per heavy atom. The van der Waals surface area contributed by atoms with Gasteiger partial charge in [0.2, 0.25) is 0 Å². The smallest absolute Gasteiger partial charge is 0.0669 e. The molecular formula is C8H12O3. The molecule has 0 radical (unpaired) electrons. The number of hydrogen-bond donors (Lipinski definition) is 2. The maximum Gasteiger partial charge on any atom is 0.0669 e. The van der Waals surface area contributed by atoms with E-state index in [9.17, 15) is 0 Å². The van der Waals surface area contributed by atoms with E-state index in [2.05, 4.69) is 0 Å². The Morgan fingerprint density at radius 2 is 1.36 bits per heavy atom. The van der Waals surface area contributed by atoms with Crippen molar-refractivity contribution in [1.29, 1.82) is 0 Å². The maximum atomic E-state index is 8.86. The third-order valence-corrected chi connectivity index (χ3v) is 3.49. The minimum Gasteiger partial charge on any atom is -0.396 e.